The molecule has 0 spiro atoms. The summed E-state index contributed by atoms with van der Waals surface area (Å²) in [6.45, 7) is 5.38. The SMILES string of the molecule is CC(C)c1ccc(S(=O)(=O)N2CCC(CCO)C2)cc1. The molecule has 4 nitrogen and oxygen atoms in total. The first-order chi connectivity index (χ1) is 9.45. The molecular weight excluding hydrogens is 274 g/mol. The second kappa shape index (κ2) is 6.24. The van der Waals surface area contributed by atoms with Crippen molar-refractivity contribution in [3.8, 4) is 0 Å². The van der Waals surface area contributed by atoms with Crippen molar-refractivity contribution in [2.24, 2.45) is 5.92 Å². The molecule has 112 valence electrons. The maximum Gasteiger partial charge on any atom is 0.243 e. The van der Waals surface area contributed by atoms with Crippen molar-refractivity contribution < 1.29 is 13.5 Å². The number of benzene rings is 1. The van der Waals surface area contributed by atoms with Crippen LogP contribution in [0.5, 0.6) is 0 Å². The first kappa shape index (κ1) is 15.5. The van der Waals surface area contributed by atoms with Crippen LogP contribution in [-0.4, -0.2) is 37.5 Å². The monoisotopic (exact) mass is 297 g/mol. The van der Waals surface area contributed by atoms with E-state index in [0.29, 0.717) is 30.3 Å². The van der Waals surface area contributed by atoms with Gasteiger partial charge in [-0.2, -0.15) is 4.31 Å². The maximum atomic E-state index is 12.5. The summed E-state index contributed by atoms with van der Waals surface area (Å²) in [5.41, 5.74) is 1.14. The molecule has 0 aliphatic carbocycles. The Labute approximate surface area is 121 Å². The minimum absolute atomic E-state index is 0.127. The summed E-state index contributed by atoms with van der Waals surface area (Å²) in [6, 6.07) is 7.17. The average molecular weight is 297 g/mol. The van der Waals surface area contributed by atoms with E-state index in [1.807, 2.05) is 12.1 Å². The molecule has 1 atom stereocenters. The summed E-state index contributed by atoms with van der Waals surface area (Å²) >= 11 is 0. The second-order valence-electron chi connectivity index (χ2n) is 5.75. The molecule has 1 aliphatic heterocycles. The minimum Gasteiger partial charge on any atom is -0.396 e. The first-order valence-corrected chi connectivity index (χ1v) is 8.60. The van der Waals surface area contributed by atoms with Gasteiger partial charge in [0, 0.05) is 19.7 Å². The Morgan fingerprint density at radius 2 is 1.95 bits per heavy atom. The standard InChI is InChI=1S/C15H23NO3S/c1-12(2)14-3-5-15(6-4-14)20(18,19)16-9-7-13(11-16)8-10-17/h3-6,12-13,17H,7-11H2,1-2H3. The molecule has 0 bridgehead atoms. The second-order valence-corrected chi connectivity index (χ2v) is 7.69. The van der Waals surface area contributed by atoms with Crippen LogP contribution >= 0.6 is 0 Å². The molecule has 5 heteroatoms. The van der Waals surface area contributed by atoms with Gasteiger partial charge < -0.3 is 5.11 Å². The number of sulfonamides is 1. The number of aliphatic hydroxyl groups is 1. The molecule has 1 fully saturated rings. The fourth-order valence-corrected chi connectivity index (χ4v) is 4.14. The summed E-state index contributed by atoms with van der Waals surface area (Å²) < 4.78 is 26.6. The molecular formula is C15H23NO3S. The fourth-order valence-electron chi connectivity index (χ4n) is 2.61. The van der Waals surface area contributed by atoms with Gasteiger partial charge in [0.15, 0.2) is 0 Å². The Kier molecular flexibility index (Phi) is 4.83. The van der Waals surface area contributed by atoms with Crippen LogP contribution in [0.4, 0.5) is 0 Å². The van der Waals surface area contributed by atoms with E-state index in [1.54, 1.807) is 12.1 Å². The van der Waals surface area contributed by atoms with Gasteiger partial charge in [0.25, 0.3) is 0 Å². The van der Waals surface area contributed by atoms with E-state index in [4.69, 9.17) is 5.11 Å². The van der Waals surface area contributed by atoms with Crippen LogP contribution in [0.15, 0.2) is 29.2 Å². The van der Waals surface area contributed by atoms with Crippen LogP contribution in [0, 0.1) is 5.92 Å². The van der Waals surface area contributed by atoms with Crippen molar-refractivity contribution in [3.63, 3.8) is 0 Å². The van der Waals surface area contributed by atoms with Gasteiger partial charge in [-0.25, -0.2) is 8.42 Å². The summed E-state index contributed by atoms with van der Waals surface area (Å²) in [7, 11) is -3.38. The van der Waals surface area contributed by atoms with Crippen LogP contribution < -0.4 is 0 Å². The fraction of sp³-hybridized carbons (Fsp3) is 0.600. The normalized spacial score (nSPS) is 20.7. The van der Waals surface area contributed by atoms with Crippen molar-refractivity contribution in [2.45, 2.75) is 37.5 Å². The number of hydrogen-bond acceptors (Lipinski definition) is 3. The summed E-state index contributed by atoms with van der Waals surface area (Å²) in [5.74, 6) is 0.678. The predicted molar refractivity (Wildman–Crippen MR) is 79.1 cm³/mol. The third-order valence-corrected chi connectivity index (χ3v) is 5.85. The molecule has 0 saturated carbocycles. The van der Waals surface area contributed by atoms with Crippen LogP contribution in [0.3, 0.4) is 0 Å². The molecule has 1 unspecified atom stereocenters. The topological polar surface area (TPSA) is 57.6 Å². The van der Waals surface area contributed by atoms with Crippen LogP contribution in [0.2, 0.25) is 0 Å². The van der Waals surface area contributed by atoms with Crippen molar-refractivity contribution >= 4 is 10.0 Å². The van der Waals surface area contributed by atoms with Crippen molar-refractivity contribution in [1.29, 1.82) is 0 Å². The highest BCUT2D eigenvalue weighted by Crippen LogP contribution is 2.26. The van der Waals surface area contributed by atoms with Gasteiger partial charge in [-0.05, 0) is 42.4 Å². The van der Waals surface area contributed by atoms with Gasteiger partial charge in [-0.15, -0.1) is 0 Å². The zero-order valence-electron chi connectivity index (χ0n) is 12.1. The molecule has 0 radical (unpaired) electrons. The lowest BCUT2D eigenvalue weighted by Crippen LogP contribution is -2.29. The molecule has 1 saturated heterocycles. The van der Waals surface area contributed by atoms with Gasteiger partial charge in [-0.3, -0.25) is 0 Å². The highest BCUT2D eigenvalue weighted by molar-refractivity contribution is 7.89. The van der Waals surface area contributed by atoms with Gasteiger partial charge in [0.2, 0.25) is 10.0 Å². The van der Waals surface area contributed by atoms with Crippen LogP contribution in [0.1, 0.15) is 38.2 Å². The van der Waals surface area contributed by atoms with Crippen LogP contribution in [-0.2, 0) is 10.0 Å². The van der Waals surface area contributed by atoms with Crippen molar-refractivity contribution in [2.75, 3.05) is 19.7 Å². The van der Waals surface area contributed by atoms with Crippen molar-refractivity contribution in [3.05, 3.63) is 29.8 Å². The van der Waals surface area contributed by atoms with E-state index in [0.717, 1.165) is 12.0 Å². The third-order valence-electron chi connectivity index (χ3n) is 3.97. The minimum atomic E-state index is -3.38. The van der Waals surface area contributed by atoms with Gasteiger partial charge in [0.1, 0.15) is 0 Å². The van der Waals surface area contributed by atoms with E-state index >= 15 is 0 Å². The van der Waals surface area contributed by atoms with Crippen LogP contribution in [0.25, 0.3) is 0 Å². The average Bonchev–Trinajstić information content (AvgIpc) is 2.88. The third kappa shape index (κ3) is 3.22. The van der Waals surface area contributed by atoms with E-state index < -0.39 is 10.0 Å². The Bertz CT molecular complexity index is 537. The number of hydrogen-bond donors (Lipinski definition) is 1. The largest absolute Gasteiger partial charge is 0.396 e. The number of rotatable bonds is 5. The Balaban J connectivity index is 2.14. The summed E-state index contributed by atoms with van der Waals surface area (Å²) in [5, 5.41) is 8.95. The lowest BCUT2D eigenvalue weighted by Gasteiger charge is -2.17. The molecule has 0 aromatic heterocycles. The zero-order chi connectivity index (χ0) is 14.8. The molecule has 1 aromatic rings. The molecule has 1 N–H and O–H groups in total. The maximum absolute atomic E-state index is 12.5. The van der Waals surface area contributed by atoms with Gasteiger partial charge >= 0.3 is 0 Å². The zero-order valence-corrected chi connectivity index (χ0v) is 12.9. The lowest BCUT2D eigenvalue weighted by molar-refractivity contribution is 0.259. The summed E-state index contributed by atoms with van der Waals surface area (Å²) in [4.78, 5) is 0.367. The highest BCUT2D eigenvalue weighted by atomic mass is 32.2. The first-order valence-electron chi connectivity index (χ1n) is 7.16. The van der Waals surface area contributed by atoms with Crippen molar-refractivity contribution in [1.82, 2.24) is 4.31 Å². The van der Waals surface area contributed by atoms with E-state index in [1.165, 1.54) is 4.31 Å². The molecule has 1 aromatic carbocycles. The predicted octanol–water partition coefficient (Wildman–Crippen LogP) is 2.20. The van der Waals surface area contributed by atoms with Gasteiger partial charge in [0.05, 0.1) is 4.90 Å². The Hall–Kier alpha value is -0.910. The molecule has 0 amide bonds. The Morgan fingerprint density at radius 3 is 2.50 bits per heavy atom. The number of nitrogens with zero attached hydrogens (tertiary/aromatic N) is 1. The van der Waals surface area contributed by atoms with E-state index in [9.17, 15) is 8.42 Å². The smallest absolute Gasteiger partial charge is 0.243 e. The number of aliphatic hydroxyl groups excluding tert-OH is 1. The van der Waals surface area contributed by atoms with E-state index in [-0.39, 0.29) is 12.5 Å². The molecule has 2 rings (SSSR count). The lowest BCUT2D eigenvalue weighted by atomic mass is 10.0. The quantitative estimate of drug-likeness (QED) is 0.906. The van der Waals surface area contributed by atoms with Gasteiger partial charge in [-0.1, -0.05) is 26.0 Å². The highest BCUT2D eigenvalue weighted by Gasteiger charge is 2.32. The van der Waals surface area contributed by atoms with E-state index in [2.05, 4.69) is 13.8 Å². The molecule has 1 heterocycles. The molecule has 1 aliphatic rings. The molecule has 20 heavy (non-hydrogen) atoms. The Morgan fingerprint density at radius 1 is 1.30 bits per heavy atom. The summed E-state index contributed by atoms with van der Waals surface area (Å²) in [6.07, 6.45) is 1.52.